The highest BCUT2D eigenvalue weighted by atomic mass is 19.1. The maximum Gasteiger partial charge on any atom is 0.115 e. The second-order valence-electron chi connectivity index (χ2n) is 3.03. The number of benzene rings is 1. The predicted molar refractivity (Wildman–Crippen MR) is 47.4 cm³/mol. The van der Waals surface area contributed by atoms with Crippen LogP contribution in [0.5, 0.6) is 5.75 Å². The molecular formula is C10H12F2O. The van der Waals surface area contributed by atoms with Gasteiger partial charge in [-0.05, 0) is 24.6 Å². The zero-order chi connectivity index (χ0) is 9.84. The van der Waals surface area contributed by atoms with E-state index >= 15 is 0 Å². The Balaban J connectivity index is 2.86. The molecule has 2 unspecified atom stereocenters. The molecule has 0 bridgehead atoms. The third kappa shape index (κ3) is 2.41. The number of halogens is 2. The Morgan fingerprint density at radius 3 is 2.23 bits per heavy atom. The van der Waals surface area contributed by atoms with Crippen LogP contribution in [-0.2, 0) is 0 Å². The summed E-state index contributed by atoms with van der Waals surface area (Å²) >= 11 is 0. The molecule has 1 rings (SSSR count). The van der Waals surface area contributed by atoms with Gasteiger partial charge in [0.05, 0.1) is 6.67 Å². The first kappa shape index (κ1) is 9.96. The number of phenolic OH excluding ortho intramolecular Hbond substituents is 1. The standard InChI is InChI=1S/C10H12F2O/c1-7(12)10(6-11)8-2-4-9(13)5-3-8/h2-5,7,10,13H,6H2,1H3. The van der Waals surface area contributed by atoms with E-state index in [9.17, 15) is 8.78 Å². The second-order valence-corrected chi connectivity index (χ2v) is 3.03. The van der Waals surface area contributed by atoms with Crippen LogP contribution in [0.3, 0.4) is 0 Å². The zero-order valence-corrected chi connectivity index (χ0v) is 7.37. The van der Waals surface area contributed by atoms with E-state index in [2.05, 4.69) is 0 Å². The fraction of sp³-hybridized carbons (Fsp3) is 0.400. The molecule has 0 aliphatic carbocycles. The molecular weight excluding hydrogens is 174 g/mol. The van der Waals surface area contributed by atoms with Crippen molar-refractivity contribution in [1.29, 1.82) is 0 Å². The van der Waals surface area contributed by atoms with E-state index in [0.717, 1.165) is 0 Å². The number of rotatable bonds is 3. The minimum Gasteiger partial charge on any atom is -0.508 e. The van der Waals surface area contributed by atoms with Crippen molar-refractivity contribution < 1.29 is 13.9 Å². The van der Waals surface area contributed by atoms with Crippen molar-refractivity contribution in [3.8, 4) is 5.75 Å². The average Bonchev–Trinajstić information content (AvgIpc) is 2.09. The third-order valence-electron chi connectivity index (χ3n) is 2.04. The first-order valence-corrected chi connectivity index (χ1v) is 4.14. The molecule has 2 atom stereocenters. The summed E-state index contributed by atoms with van der Waals surface area (Å²) in [6.07, 6.45) is -1.21. The molecule has 0 spiro atoms. The highest BCUT2D eigenvalue weighted by Crippen LogP contribution is 2.24. The Hall–Kier alpha value is -1.12. The van der Waals surface area contributed by atoms with Crippen LogP contribution in [0.4, 0.5) is 8.78 Å². The van der Waals surface area contributed by atoms with Gasteiger partial charge >= 0.3 is 0 Å². The molecule has 1 aromatic carbocycles. The van der Waals surface area contributed by atoms with Gasteiger partial charge in [-0.2, -0.15) is 0 Å². The summed E-state index contributed by atoms with van der Waals surface area (Å²) in [6.45, 7) is 0.611. The van der Waals surface area contributed by atoms with Crippen LogP contribution in [0.15, 0.2) is 24.3 Å². The van der Waals surface area contributed by atoms with Gasteiger partial charge in [0.2, 0.25) is 0 Å². The molecule has 13 heavy (non-hydrogen) atoms. The predicted octanol–water partition coefficient (Wildman–Crippen LogP) is 2.80. The molecule has 0 saturated carbocycles. The van der Waals surface area contributed by atoms with Gasteiger partial charge in [-0.3, -0.25) is 4.39 Å². The van der Waals surface area contributed by atoms with Crippen molar-refractivity contribution in [2.45, 2.75) is 19.0 Å². The van der Waals surface area contributed by atoms with Gasteiger partial charge in [0.25, 0.3) is 0 Å². The largest absolute Gasteiger partial charge is 0.508 e. The summed E-state index contributed by atoms with van der Waals surface area (Å²) in [4.78, 5) is 0. The van der Waals surface area contributed by atoms with Crippen molar-refractivity contribution in [2.24, 2.45) is 0 Å². The lowest BCUT2D eigenvalue weighted by molar-refractivity contribution is 0.264. The quantitative estimate of drug-likeness (QED) is 0.769. The van der Waals surface area contributed by atoms with E-state index in [0.29, 0.717) is 5.56 Å². The highest BCUT2D eigenvalue weighted by molar-refractivity contribution is 5.28. The zero-order valence-electron chi connectivity index (χ0n) is 7.37. The fourth-order valence-electron chi connectivity index (χ4n) is 1.20. The average molecular weight is 186 g/mol. The summed E-state index contributed by atoms with van der Waals surface area (Å²) in [7, 11) is 0. The Morgan fingerprint density at radius 1 is 1.31 bits per heavy atom. The maximum absolute atomic E-state index is 12.8. The van der Waals surface area contributed by atoms with Crippen LogP contribution < -0.4 is 0 Å². The fourth-order valence-corrected chi connectivity index (χ4v) is 1.20. The Kier molecular flexibility index (Phi) is 3.23. The highest BCUT2D eigenvalue weighted by Gasteiger charge is 2.18. The van der Waals surface area contributed by atoms with E-state index in [-0.39, 0.29) is 5.75 Å². The monoisotopic (exact) mass is 186 g/mol. The first-order valence-electron chi connectivity index (χ1n) is 4.14. The van der Waals surface area contributed by atoms with E-state index in [1.165, 1.54) is 31.2 Å². The van der Waals surface area contributed by atoms with Gasteiger partial charge in [-0.1, -0.05) is 12.1 Å². The number of alkyl halides is 2. The van der Waals surface area contributed by atoms with Crippen LogP contribution in [0.2, 0.25) is 0 Å². The molecule has 0 aliphatic rings. The van der Waals surface area contributed by atoms with Crippen molar-refractivity contribution in [2.75, 3.05) is 6.67 Å². The van der Waals surface area contributed by atoms with Crippen molar-refractivity contribution in [3.05, 3.63) is 29.8 Å². The van der Waals surface area contributed by atoms with E-state index < -0.39 is 18.8 Å². The minimum absolute atomic E-state index is 0.105. The summed E-state index contributed by atoms with van der Waals surface area (Å²) in [6, 6.07) is 5.94. The Morgan fingerprint density at radius 2 is 1.85 bits per heavy atom. The third-order valence-corrected chi connectivity index (χ3v) is 2.04. The molecule has 1 aromatic rings. The molecule has 0 amide bonds. The SMILES string of the molecule is CC(F)C(CF)c1ccc(O)cc1. The second kappa shape index (κ2) is 4.21. The molecule has 0 aromatic heterocycles. The first-order chi connectivity index (χ1) is 6.15. The number of hydrogen-bond acceptors (Lipinski definition) is 1. The van der Waals surface area contributed by atoms with Gasteiger partial charge in [0, 0.05) is 5.92 Å². The lowest BCUT2D eigenvalue weighted by Crippen LogP contribution is -2.12. The number of phenols is 1. The lowest BCUT2D eigenvalue weighted by Gasteiger charge is -2.14. The summed E-state index contributed by atoms with van der Waals surface area (Å²) in [5, 5.41) is 8.96. The minimum atomic E-state index is -1.21. The van der Waals surface area contributed by atoms with Crippen LogP contribution in [0.1, 0.15) is 18.4 Å². The van der Waals surface area contributed by atoms with Gasteiger partial charge in [-0.15, -0.1) is 0 Å². The summed E-state index contributed by atoms with van der Waals surface area (Å²) in [5.74, 6) is -0.617. The van der Waals surface area contributed by atoms with Crippen LogP contribution >= 0.6 is 0 Å². The lowest BCUT2D eigenvalue weighted by atomic mass is 9.96. The molecule has 0 heterocycles. The van der Waals surface area contributed by atoms with Crippen molar-refractivity contribution >= 4 is 0 Å². The summed E-state index contributed by atoms with van der Waals surface area (Å²) in [5.41, 5.74) is 0.579. The van der Waals surface area contributed by atoms with Gasteiger partial charge in [-0.25, -0.2) is 4.39 Å². The molecule has 0 aliphatic heterocycles. The van der Waals surface area contributed by atoms with E-state index in [4.69, 9.17) is 5.11 Å². The molecule has 1 N–H and O–H groups in total. The molecule has 0 saturated heterocycles. The molecule has 3 heteroatoms. The van der Waals surface area contributed by atoms with Crippen LogP contribution in [0, 0.1) is 0 Å². The van der Waals surface area contributed by atoms with Gasteiger partial charge in [0.15, 0.2) is 0 Å². The number of aromatic hydroxyl groups is 1. The Bertz CT molecular complexity index is 256. The van der Waals surface area contributed by atoms with Gasteiger partial charge in [0.1, 0.15) is 11.9 Å². The summed E-state index contributed by atoms with van der Waals surface area (Å²) < 4.78 is 25.2. The molecule has 1 nitrogen and oxygen atoms in total. The van der Waals surface area contributed by atoms with E-state index in [1.54, 1.807) is 0 Å². The van der Waals surface area contributed by atoms with Gasteiger partial charge < -0.3 is 5.11 Å². The van der Waals surface area contributed by atoms with Crippen molar-refractivity contribution in [1.82, 2.24) is 0 Å². The van der Waals surface area contributed by atoms with Crippen molar-refractivity contribution in [3.63, 3.8) is 0 Å². The van der Waals surface area contributed by atoms with Crippen LogP contribution in [-0.4, -0.2) is 18.0 Å². The topological polar surface area (TPSA) is 20.2 Å². The maximum atomic E-state index is 12.8. The molecule has 0 fully saturated rings. The normalized spacial score (nSPS) is 15.3. The molecule has 72 valence electrons. The smallest absolute Gasteiger partial charge is 0.115 e. The van der Waals surface area contributed by atoms with E-state index in [1.807, 2.05) is 0 Å². The Labute approximate surface area is 76.0 Å². The van der Waals surface area contributed by atoms with Crippen LogP contribution in [0.25, 0.3) is 0 Å². The molecule has 0 radical (unpaired) electrons. The number of hydrogen-bond donors (Lipinski definition) is 1.